The molecule has 0 aliphatic heterocycles. The molecule has 194 valence electrons. The lowest BCUT2D eigenvalue weighted by atomic mass is 9.80. The lowest BCUT2D eigenvalue weighted by molar-refractivity contribution is -0.135. The topological polar surface area (TPSA) is 78.0 Å². The number of amides is 1. The summed E-state index contributed by atoms with van der Waals surface area (Å²) in [5.41, 5.74) is 5.14. The largest absolute Gasteiger partial charge is 0.452 e. The fraction of sp³-hybridized carbons (Fsp3) is 0.367. The van der Waals surface area contributed by atoms with Gasteiger partial charge in [0.25, 0.3) is 5.91 Å². The van der Waals surface area contributed by atoms with Crippen LogP contribution in [0.4, 0.5) is 0 Å². The number of para-hydroxylation sites is 1. The number of allylic oxidation sites excluding steroid dienone is 1. The van der Waals surface area contributed by atoms with Crippen molar-refractivity contribution in [3.05, 3.63) is 77.0 Å². The van der Waals surface area contributed by atoms with Gasteiger partial charge in [0.15, 0.2) is 6.61 Å². The Hall–Kier alpha value is -3.55. The van der Waals surface area contributed by atoms with Gasteiger partial charge in [-0.1, -0.05) is 55.5 Å². The molecule has 7 nitrogen and oxygen atoms in total. The van der Waals surface area contributed by atoms with Crippen LogP contribution < -0.4 is 0 Å². The smallest absolute Gasteiger partial charge is 0.339 e. The van der Waals surface area contributed by atoms with Crippen LogP contribution in [0.3, 0.4) is 0 Å². The van der Waals surface area contributed by atoms with E-state index < -0.39 is 5.97 Å². The van der Waals surface area contributed by atoms with Crippen molar-refractivity contribution in [3.8, 4) is 0 Å². The SMILES string of the molecule is COCCN(CCOC)C(=O)COC(=O)c1c2c(nc3ccccc13)/C(=C/c1ccccc1)CC(C)C2. The van der Waals surface area contributed by atoms with Crippen LogP contribution in [0.25, 0.3) is 22.6 Å². The first-order chi connectivity index (χ1) is 18.0. The molecule has 1 atom stereocenters. The van der Waals surface area contributed by atoms with Crippen LogP contribution in [0.15, 0.2) is 54.6 Å². The first kappa shape index (κ1) is 26.5. The van der Waals surface area contributed by atoms with Crippen LogP contribution in [-0.2, 0) is 25.4 Å². The quantitative estimate of drug-likeness (QED) is 0.376. The number of nitrogens with zero attached hydrogens (tertiary/aromatic N) is 2. The Kier molecular flexibility index (Phi) is 9.04. The summed E-state index contributed by atoms with van der Waals surface area (Å²) in [6.45, 7) is 3.41. The van der Waals surface area contributed by atoms with Gasteiger partial charge in [-0.2, -0.15) is 0 Å². The molecule has 37 heavy (non-hydrogen) atoms. The highest BCUT2D eigenvalue weighted by Crippen LogP contribution is 2.38. The maximum atomic E-state index is 13.6. The molecule has 4 rings (SSSR count). The molecular weight excluding hydrogens is 468 g/mol. The summed E-state index contributed by atoms with van der Waals surface area (Å²) in [4.78, 5) is 33.0. The van der Waals surface area contributed by atoms with Crippen LogP contribution in [0.1, 0.15) is 40.5 Å². The molecule has 1 aliphatic carbocycles. The van der Waals surface area contributed by atoms with Crippen molar-refractivity contribution in [1.29, 1.82) is 0 Å². The molecule has 0 saturated carbocycles. The average molecular weight is 503 g/mol. The summed E-state index contributed by atoms with van der Waals surface area (Å²) < 4.78 is 15.9. The molecule has 1 heterocycles. The minimum absolute atomic E-state index is 0.285. The molecule has 1 unspecified atom stereocenters. The molecule has 3 aromatic rings. The average Bonchev–Trinajstić information content (AvgIpc) is 2.91. The zero-order valence-corrected chi connectivity index (χ0v) is 21.7. The van der Waals surface area contributed by atoms with E-state index in [9.17, 15) is 9.59 Å². The van der Waals surface area contributed by atoms with Gasteiger partial charge >= 0.3 is 5.97 Å². The van der Waals surface area contributed by atoms with E-state index in [1.807, 2.05) is 42.5 Å². The number of rotatable bonds is 10. The number of benzene rings is 2. The summed E-state index contributed by atoms with van der Waals surface area (Å²) in [6, 6.07) is 17.7. The van der Waals surface area contributed by atoms with Crippen LogP contribution in [-0.4, -0.2) is 68.9 Å². The first-order valence-corrected chi connectivity index (χ1v) is 12.6. The Labute approximate surface area is 218 Å². The molecule has 1 aromatic heterocycles. The zero-order valence-electron chi connectivity index (χ0n) is 21.7. The van der Waals surface area contributed by atoms with Gasteiger partial charge in [-0.05, 0) is 47.6 Å². The number of fused-ring (bicyclic) bond motifs is 2. The molecule has 1 amide bonds. The molecule has 0 bridgehead atoms. The summed E-state index contributed by atoms with van der Waals surface area (Å²) in [5, 5.41) is 0.738. The number of aromatic nitrogens is 1. The minimum Gasteiger partial charge on any atom is -0.452 e. The fourth-order valence-corrected chi connectivity index (χ4v) is 4.77. The van der Waals surface area contributed by atoms with Crippen molar-refractivity contribution in [2.75, 3.05) is 47.1 Å². The number of hydrogen-bond donors (Lipinski definition) is 0. The highest BCUT2D eigenvalue weighted by atomic mass is 16.5. The standard InChI is InChI=1S/C30H34N2O5/c1-21-17-23(19-22-9-5-4-6-10-22)29-25(18-21)28(24-11-7-8-12-26(24)31-29)30(34)37-20-27(33)32(13-15-35-2)14-16-36-3/h4-12,19,21H,13-18,20H2,1-3H3/b23-19+. The number of hydrogen-bond acceptors (Lipinski definition) is 6. The van der Waals surface area contributed by atoms with Gasteiger partial charge in [0.1, 0.15) is 0 Å². The van der Waals surface area contributed by atoms with E-state index in [2.05, 4.69) is 25.1 Å². The maximum Gasteiger partial charge on any atom is 0.339 e. The van der Waals surface area contributed by atoms with Crippen molar-refractivity contribution >= 4 is 34.4 Å². The van der Waals surface area contributed by atoms with Gasteiger partial charge in [-0.25, -0.2) is 9.78 Å². The summed E-state index contributed by atoms with van der Waals surface area (Å²) in [5.74, 6) is -0.459. The van der Waals surface area contributed by atoms with Crippen LogP contribution in [0.2, 0.25) is 0 Å². The predicted molar refractivity (Wildman–Crippen MR) is 144 cm³/mol. The second-order valence-electron chi connectivity index (χ2n) is 9.37. The summed E-state index contributed by atoms with van der Waals surface area (Å²) in [7, 11) is 3.16. The van der Waals surface area contributed by atoms with E-state index in [0.717, 1.165) is 39.7 Å². The number of methoxy groups -OCH3 is 2. The number of ether oxygens (including phenoxy) is 3. The molecule has 0 saturated heterocycles. The molecule has 0 N–H and O–H groups in total. The maximum absolute atomic E-state index is 13.6. The van der Waals surface area contributed by atoms with Gasteiger partial charge < -0.3 is 19.1 Å². The minimum atomic E-state index is -0.505. The Morgan fingerprint density at radius 2 is 1.65 bits per heavy atom. The van der Waals surface area contributed by atoms with Crippen molar-refractivity contribution in [3.63, 3.8) is 0 Å². The number of pyridine rings is 1. The summed E-state index contributed by atoms with van der Waals surface area (Å²) in [6.07, 6.45) is 3.73. The van der Waals surface area contributed by atoms with E-state index in [1.54, 1.807) is 19.1 Å². The van der Waals surface area contributed by atoms with Gasteiger partial charge in [-0.15, -0.1) is 0 Å². The number of esters is 1. The van der Waals surface area contributed by atoms with E-state index in [1.165, 1.54) is 0 Å². The van der Waals surface area contributed by atoms with Crippen molar-refractivity contribution < 1.29 is 23.8 Å². The van der Waals surface area contributed by atoms with Crippen LogP contribution in [0, 0.1) is 5.92 Å². The van der Waals surface area contributed by atoms with Gasteiger partial charge in [0.05, 0.1) is 30.0 Å². The van der Waals surface area contributed by atoms with E-state index in [0.29, 0.717) is 44.2 Å². The Morgan fingerprint density at radius 3 is 2.35 bits per heavy atom. The Morgan fingerprint density at radius 1 is 0.973 bits per heavy atom. The van der Waals surface area contributed by atoms with Gasteiger partial charge in [0.2, 0.25) is 0 Å². The summed E-state index contributed by atoms with van der Waals surface area (Å²) >= 11 is 0. The number of carbonyl (C=O) groups excluding carboxylic acids is 2. The fourth-order valence-electron chi connectivity index (χ4n) is 4.77. The van der Waals surface area contributed by atoms with Crippen LogP contribution in [0.5, 0.6) is 0 Å². The molecule has 7 heteroatoms. The normalized spacial score (nSPS) is 16.0. The predicted octanol–water partition coefficient (Wildman–Crippen LogP) is 4.64. The lowest BCUT2D eigenvalue weighted by Gasteiger charge is -2.27. The molecule has 0 fully saturated rings. The first-order valence-electron chi connectivity index (χ1n) is 12.6. The second kappa shape index (κ2) is 12.6. The van der Waals surface area contributed by atoms with E-state index >= 15 is 0 Å². The van der Waals surface area contributed by atoms with Crippen LogP contribution >= 0.6 is 0 Å². The van der Waals surface area contributed by atoms with Crippen molar-refractivity contribution in [2.45, 2.75) is 19.8 Å². The molecule has 2 aromatic carbocycles. The lowest BCUT2D eigenvalue weighted by Crippen LogP contribution is -2.39. The third-order valence-electron chi connectivity index (χ3n) is 6.57. The highest BCUT2D eigenvalue weighted by Gasteiger charge is 2.29. The van der Waals surface area contributed by atoms with E-state index in [-0.39, 0.29) is 12.5 Å². The third-order valence-corrected chi connectivity index (χ3v) is 6.57. The molecule has 0 radical (unpaired) electrons. The van der Waals surface area contributed by atoms with Gasteiger partial charge in [0, 0.05) is 32.7 Å². The third kappa shape index (κ3) is 6.42. The Bertz CT molecular complexity index is 1260. The van der Waals surface area contributed by atoms with Crippen molar-refractivity contribution in [2.24, 2.45) is 5.92 Å². The van der Waals surface area contributed by atoms with Gasteiger partial charge in [-0.3, -0.25) is 4.79 Å². The van der Waals surface area contributed by atoms with E-state index in [4.69, 9.17) is 19.2 Å². The highest BCUT2D eigenvalue weighted by molar-refractivity contribution is 6.07. The molecular formula is C30H34N2O5. The molecule has 0 spiro atoms. The number of carbonyl (C=O) groups is 2. The second-order valence-corrected chi connectivity index (χ2v) is 9.37. The monoisotopic (exact) mass is 502 g/mol. The Balaban J connectivity index is 1.67. The molecule has 1 aliphatic rings. The van der Waals surface area contributed by atoms with Crippen molar-refractivity contribution in [1.82, 2.24) is 9.88 Å². The zero-order chi connectivity index (χ0) is 26.2.